The van der Waals surface area contributed by atoms with Gasteiger partial charge in [-0.2, -0.15) is 0 Å². The molecule has 1 aromatic carbocycles. The molecule has 0 aliphatic carbocycles. The van der Waals surface area contributed by atoms with E-state index in [-0.39, 0.29) is 24.3 Å². The molecule has 0 spiro atoms. The molecule has 0 radical (unpaired) electrons. The summed E-state index contributed by atoms with van der Waals surface area (Å²) >= 11 is 0. The number of aliphatic hydroxyl groups is 1. The number of hydrogen-bond donors (Lipinski definition) is 3. The minimum Gasteiger partial charge on any atom is -0.493 e. The Bertz CT molecular complexity index is 402. The fraction of sp³-hybridized carbons (Fsp3) is 0.500. The van der Waals surface area contributed by atoms with Gasteiger partial charge >= 0.3 is 0 Å². The summed E-state index contributed by atoms with van der Waals surface area (Å²) in [6.45, 7) is 4.57. The number of amides is 1. The van der Waals surface area contributed by atoms with Gasteiger partial charge < -0.3 is 20.9 Å². The lowest BCUT2D eigenvalue weighted by atomic mass is 9.95. The summed E-state index contributed by atoms with van der Waals surface area (Å²) in [6.07, 6.45) is 0.284. The number of hydrogen-bond acceptors (Lipinski definition) is 4. The summed E-state index contributed by atoms with van der Waals surface area (Å²) in [6, 6.07) is 7.03. The van der Waals surface area contributed by atoms with Gasteiger partial charge in [0.05, 0.1) is 13.0 Å². The molecule has 0 saturated heterocycles. The van der Waals surface area contributed by atoms with Crippen molar-refractivity contribution in [1.82, 2.24) is 5.32 Å². The number of aliphatic hydroxyl groups excluding tert-OH is 1. The van der Waals surface area contributed by atoms with E-state index in [2.05, 4.69) is 5.32 Å². The van der Waals surface area contributed by atoms with Crippen LogP contribution in [0.15, 0.2) is 24.3 Å². The van der Waals surface area contributed by atoms with E-state index < -0.39 is 0 Å². The molecule has 0 bridgehead atoms. The third-order valence-corrected chi connectivity index (χ3v) is 2.67. The highest BCUT2D eigenvalue weighted by molar-refractivity contribution is 5.76. The molecule has 106 valence electrons. The van der Waals surface area contributed by atoms with E-state index in [9.17, 15) is 4.79 Å². The number of ether oxygens (including phenoxy) is 1. The Kier molecular flexibility index (Phi) is 5.63. The van der Waals surface area contributed by atoms with E-state index >= 15 is 0 Å². The number of carbonyl (C=O) groups excluding carboxylic acids is 1. The van der Waals surface area contributed by atoms with Crippen molar-refractivity contribution in [1.29, 1.82) is 0 Å². The summed E-state index contributed by atoms with van der Waals surface area (Å²) in [5.74, 6) is 0.606. The number of benzene rings is 1. The van der Waals surface area contributed by atoms with E-state index in [1.807, 2.05) is 13.8 Å². The molecule has 0 aliphatic heterocycles. The second-order valence-electron chi connectivity index (χ2n) is 5.27. The number of rotatable bonds is 7. The minimum absolute atomic E-state index is 0.0369. The third-order valence-electron chi connectivity index (χ3n) is 2.67. The van der Waals surface area contributed by atoms with E-state index in [1.165, 1.54) is 0 Å². The number of nitrogens with two attached hydrogens (primary N) is 1. The summed E-state index contributed by atoms with van der Waals surface area (Å²) in [5, 5.41) is 11.8. The molecule has 0 atom stereocenters. The molecule has 0 unspecified atom stereocenters. The van der Waals surface area contributed by atoms with E-state index in [4.69, 9.17) is 15.6 Å². The number of nitrogens with one attached hydrogen (secondary N) is 1. The van der Waals surface area contributed by atoms with Crippen LogP contribution in [0.25, 0.3) is 0 Å². The first-order valence-electron chi connectivity index (χ1n) is 6.29. The first kappa shape index (κ1) is 15.3. The molecule has 0 aliphatic rings. The van der Waals surface area contributed by atoms with E-state index in [0.29, 0.717) is 24.6 Å². The van der Waals surface area contributed by atoms with Crippen molar-refractivity contribution >= 4 is 11.6 Å². The van der Waals surface area contributed by atoms with Gasteiger partial charge in [0.2, 0.25) is 5.91 Å². The van der Waals surface area contributed by atoms with Crippen LogP contribution in [0.3, 0.4) is 0 Å². The second kappa shape index (κ2) is 6.99. The van der Waals surface area contributed by atoms with Crippen molar-refractivity contribution in [2.24, 2.45) is 5.41 Å². The van der Waals surface area contributed by atoms with Crippen molar-refractivity contribution in [3.05, 3.63) is 24.3 Å². The van der Waals surface area contributed by atoms with E-state index in [0.717, 1.165) is 0 Å². The van der Waals surface area contributed by atoms with Gasteiger partial charge in [0, 0.05) is 24.3 Å². The molecular formula is C14H22N2O3. The van der Waals surface area contributed by atoms with Crippen LogP contribution in [0, 0.1) is 5.41 Å². The fourth-order valence-corrected chi connectivity index (χ4v) is 1.31. The minimum atomic E-state index is -0.298. The highest BCUT2D eigenvalue weighted by Crippen LogP contribution is 2.13. The van der Waals surface area contributed by atoms with Crippen LogP contribution in [0.5, 0.6) is 5.75 Å². The monoisotopic (exact) mass is 266 g/mol. The summed E-state index contributed by atoms with van der Waals surface area (Å²) in [5.41, 5.74) is 5.94. The van der Waals surface area contributed by atoms with Gasteiger partial charge in [-0.15, -0.1) is 0 Å². The van der Waals surface area contributed by atoms with Crippen molar-refractivity contribution in [2.45, 2.75) is 20.3 Å². The van der Waals surface area contributed by atoms with Crippen LogP contribution in [0.2, 0.25) is 0 Å². The molecule has 0 saturated carbocycles. The predicted octanol–water partition coefficient (Wildman–Crippen LogP) is 1.17. The molecule has 1 aromatic rings. The lowest BCUT2D eigenvalue weighted by Gasteiger charge is -2.21. The van der Waals surface area contributed by atoms with Crippen LogP contribution in [0.1, 0.15) is 20.3 Å². The van der Waals surface area contributed by atoms with Crippen LogP contribution in [-0.2, 0) is 4.79 Å². The number of nitrogen functional groups attached to an aromatic ring is 1. The predicted molar refractivity (Wildman–Crippen MR) is 74.8 cm³/mol. The highest BCUT2D eigenvalue weighted by atomic mass is 16.5. The molecule has 1 amide bonds. The zero-order valence-corrected chi connectivity index (χ0v) is 11.5. The Morgan fingerprint density at radius 2 is 2.00 bits per heavy atom. The van der Waals surface area contributed by atoms with Gasteiger partial charge in [-0.05, 0) is 24.3 Å². The first-order valence-corrected chi connectivity index (χ1v) is 6.29. The molecule has 5 nitrogen and oxygen atoms in total. The van der Waals surface area contributed by atoms with Gasteiger partial charge in [-0.1, -0.05) is 13.8 Å². The fourth-order valence-electron chi connectivity index (χ4n) is 1.31. The van der Waals surface area contributed by atoms with Gasteiger partial charge in [0.25, 0.3) is 0 Å². The summed E-state index contributed by atoms with van der Waals surface area (Å²) in [4.78, 5) is 11.6. The van der Waals surface area contributed by atoms with Crippen molar-refractivity contribution < 1.29 is 14.6 Å². The molecule has 19 heavy (non-hydrogen) atoms. The molecule has 1 rings (SSSR count). The van der Waals surface area contributed by atoms with Gasteiger partial charge in [-0.25, -0.2) is 0 Å². The average Bonchev–Trinajstić information content (AvgIpc) is 2.39. The average molecular weight is 266 g/mol. The van der Waals surface area contributed by atoms with Gasteiger partial charge in [-0.3, -0.25) is 4.79 Å². The first-order chi connectivity index (χ1) is 8.93. The Hall–Kier alpha value is -1.75. The SMILES string of the molecule is CC(C)(CO)CNC(=O)CCOc1ccc(N)cc1. The molecule has 5 heteroatoms. The Morgan fingerprint density at radius 1 is 1.37 bits per heavy atom. The maximum Gasteiger partial charge on any atom is 0.223 e. The van der Waals surface area contributed by atoms with Crippen LogP contribution < -0.4 is 15.8 Å². The van der Waals surface area contributed by atoms with E-state index in [1.54, 1.807) is 24.3 Å². The normalized spacial score (nSPS) is 11.1. The van der Waals surface area contributed by atoms with Crippen LogP contribution in [-0.4, -0.2) is 30.8 Å². The smallest absolute Gasteiger partial charge is 0.223 e. The largest absolute Gasteiger partial charge is 0.493 e. The topological polar surface area (TPSA) is 84.6 Å². The lowest BCUT2D eigenvalue weighted by Crippen LogP contribution is -2.36. The number of carbonyl (C=O) groups is 1. The molecule has 0 fully saturated rings. The van der Waals surface area contributed by atoms with Gasteiger partial charge in [0.1, 0.15) is 5.75 Å². The maximum absolute atomic E-state index is 11.6. The standard InChI is InChI=1S/C14H22N2O3/c1-14(2,10-17)9-16-13(18)7-8-19-12-5-3-11(15)4-6-12/h3-6,17H,7-10,15H2,1-2H3,(H,16,18). The Labute approximate surface area is 113 Å². The summed E-state index contributed by atoms with van der Waals surface area (Å²) in [7, 11) is 0. The Morgan fingerprint density at radius 3 is 2.58 bits per heavy atom. The second-order valence-corrected chi connectivity index (χ2v) is 5.27. The quantitative estimate of drug-likeness (QED) is 0.647. The molecule has 4 N–H and O–H groups in total. The van der Waals surface area contributed by atoms with Crippen LogP contribution >= 0.6 is 0 Å². The van der Waals surface area contributed by atoms with Gasteiger partial charge in [0.15, 0.2) is 0 Å². The number of anilines is 1. The van der Waals surface area contributed by atoms with Crippen molar-refractivity contribution in [3.8, 4) is 5.75 Å². The molecule has 0 aromatic heterocycles. The van der Waals surface area contributed by atoms with Crippen molar-refractivity contribution in [3.63, 3.8) is 0 Å². The maximum atomic E-state index is 11.6. The zero-order chi connectivity index (χ0) is 14.3. The zero-order valence-electron chi connectivity index (χ0n) is 11.5. The third kappa shape index (κ3) is 6.10. The summed E-state index contributed by atoms with van der Waals surface area (Å²) < 4.78 is 5.42. The lowest BCUT2D eigenvalue weighted by molar-refractivity contribution is -0.122. The Balaban J connectivity index is 2.22. The molecule has 0 heterocycles. The van der Waals surface area contributed by atoms with Crippen LogP contribution in [0.4, 0.5) is 5.69 Å². The highest BCUT2D eigenvalue weighted by Gasteiger charge is 2.17. The van der Waals surface area contributed by atoms with Crippen molar-refractivity contribution in [2.75, 3.05) is 25.5 Å². The molecular weight excluding hydrogens is 244 g/mol.